The second-order valence-corrected chi connectivity index (χ2v) is 5.82. The first-order valence-corrected chi connectivity index (χ1v) is 7.49. The van der Waals surface area contributed by atoms with Gasteiger partial charge in [-0.3, -0.25) is 0 Å². The fourth-order valence-corrected chi connectivity index (χ4v) is 2.88. The van der Waals surface area contributed by atoms with Crippen LogP contribution in [0.15, 0.2) is 24.3 Å². The van der Waals surface area contributed by atoms with Crippen molar-refractivity contribution >= 4 is 0 Å². The molecule has 0 amide bonds. The minimum Gasteiger partial charge on any atom is -0.392 e. The molecule has 2 nitrogen and oxygen atoms in total. The van der Waals surface area contributed by atoms with Crippen LogP contribution >= 0.6 is 0 Å². The van der Waals surface area contributed by atoms with Gasteiger partial charge in [0.1, 0.15) is 0 Å². The highest BCUT2D eigenvalue weighted by Crippen LogP contribution is 2.31. The average Bonchev–Trinajstić information content (AvgIpc) is 2.63. The number of aliphatic hydroxyl groups excluding tert-OH is 1. The van der Waals surface area contributed by atoms with Crippen molar-refractivity contribution in [1.29, 1.82) is 0 Å². The van der Waals surface area contributed by atoms with Gasteiger partial charge in [0.2, 0.25) is 0 Å². The van der Waals surface area contributed by atoms with E-state index in [-0.39, 0.29) is 12.1 Å². The van der Waals surface area contributed by atoms with Gasteiger partial charge in [-0.25, -0.2) is 0 Å². The minimum atomic E-state index is -4.32. The van der Waals surface area contributed by atoms with Gasteiger partial charge in [0, 0.05) is 12.1 Å². The van der Waals surface area contributed by atoms with Gasteiger partial charge < -0.3 is 10.4 Å². The molecule has 1 aliphatic rings. The monoisotopic (exact) mass is 301 g/mol. The molecule has 0 aliphatic heterocycles. The number of rotatable bonds is 3. The molecule has 2 rings (SSSR count). The van der Waals surface area contributed by atoms with Crippen molar-refractivity contribution in [1.82, 2.24) is 5.32 Å². The van der Waals surface area contributed by atoms with E-state index in [1.54, 1.807) is 6.07 Å². The number of alkyl halides is 3. The summed E-state index contributed by atoms with van der Waals surface area (Å²) in [5, 5.41) is 13.4. The predicted molar refractivity (Wildman–Crippen MR) is 75.9 cm³/mol. The van der Waals surface area contributed by atoms with Gasteiger partial charge in [-0.05, 0) is 37.5 Å². The minimum absolute atomic E-state index is 0.0444. The highest BCUT2D eigenvalue weighted by molar-refractivity contribution is 5.27. The summed E-state index contributed by atoms with van der Waals surface area (Å²) in [6.45, 7) is 1.84. The fraction of sp³-hybridized carbons (Fsp3) is 0.625. The first kappa shape index (κ1) is 16.3. The molecule has 1 fully saturated rings. The Bertz CT molecular complexity index is 461. The van der Waals surface area contributed by atoms with E-state index < -0.39 is 17.8 Å². The van der Waals surface area contributed by atoms with E-state index in [1.165, 1.54) is 12.1 Å². The Balaban J connectivity index is 2.07. The molecular weight excluding hydrogens is 279 g/mol. The van der Waals surface area contributed by atoms with Crippen LogP contribution in [0.1, 0.15) is 56.2 Å². The fourth-order valence-electron chi connectivity index (χ4n) is 2.88. The van der Waals surface area contributed by atoms with E-state index in [2.05, 4.69) is 5.32 Å². The molecule has 1 aromatic carbocycles. The van der Waals surface area contributed by atoms with Crippen LogP contribution in [0, 0.1) is 0 Å². The molecule has 0 saturated heterocycles. The number of benzene rings is 1. The van der Waals surface area contributed by atoms with Crippen LogP contribution in [0.4, 0.5) is 13.2 Å². The quantitative estimate of drug-likeness (QED) is 0.826. The van der Waals surface area contributed by atoms with Crippen LogP contribution in [0.5, 0.6) is 0 Å². The van der Waals surface area contributed by atoms with Crippen molar-refractivity contribution in [3.63, 3.8) is 0 Å². The Hall–Kier alpha value is -1.07. The number of aliphatic hydroxyl groups is 1. The first-order valence-electron chi connectivity index (χ1n) is 7.49. The lowest BCUT2D eigenvalue weighted by molar-refractivity contribution is -0.137. The molecule has 2 N–H and O–H groups in total. The van der Waals surface area contributed by atoms with Gasteiger partial charge in [0.15, 0.2) is 0 Å². The van der Waals surface area contributed by atoms with E-state index in [4.69, 9.17) is 0 Å². The average molecular weight is 301 g/mol. The Morgan fingerprint density at radius 1 is 1.19 bits per heavy atom. The van der Waals surface area contributed by atoms with Gasteiger partial charge >= 0.3 is 6.18 Å². The molecule has 118 valence electrons. The lowest BCUT2D eigenvalue weighted by atomic mass is 10.0. The lowest BCUT2D eigenvalue weighted by Gasteiger charge is -2.26. The Labute approximate surface area is 123 Å². The molecule has 5 heteroatoms. The zero-order chi connectivity index (χ0) is 15.5. The van der Waals surface area contributed by atoms with Gasteiger partial charge in [-0.1, -0.05) is 31.4 Å². The molecule has 1 saturated carbocycles. The third-order valence-electron chi connectivity index (χ3n) is 4.16. The Morgan fingerprint density at radius 2 is 1.90 bits per heavy atom. The lowest BCUT2D eigenvalue weighted by Crippen LogP contribution is -2.40. The largest absolute Gasteiger partial charge is 0.416 e. The summed E-state index contributed by atoms with van der Waals surface area (Å²) >= 11 is 0. The van der Waals surface area contributed by atoms with Crippen LogP contribution in [0.3, 0.4) is 0 Å². The standard InChI is InChI=1S/C16H22F3NO/c1-11(20-14-8-3-2-4-9-15(14)21)12-6-5-7-13(10-12)16(17,18)19/h5-7,10-11,14-15,20-21H,2-4,8-9H2,1H3. The van der Waals surface area contributed by atoms with Crippen LogP contribution in [-0.2, 0) is 6.18 Å². The highest BCUT2D eigenvalue weighted by Gasteiger charge is 2.31. The molecule has 0 aromatic heterocycles. The molecule has 0 spiro atoms. The number of halogens is 3. The predicted octanol–water partition coefficient (Wildman–Crippen LogP) is 4.05. The molecule has 21 heavy (non-hydrogen) atoms. The summed E-state index contributed by atoms with van der Waals surface area (Å²) in [4.78, 5) is 0. The molecule has 0 heterocycles. The van der Waals surface area contributed by atoms with E-state index in [0.717, 1.165) is 38.2 Å². The van der Waals surface area contributed by atoms with E-state index in [1.807, 2.05) is 6.92 Å². The smallest absolute Gasteiger partial charge is 0.392 e. The summed E-state index contributed by atoms with van der Waals surface area (Å²) in [6, 6.07) is 5.12. The molecule has 1 aromatic rings. The highest BCUT2D eigenvalue weighted by atomic mass is 19.4. The van der Waals surface area contributed by atoms with Crippen molar-refractivity contribution < 1.29 is 18.3 Å². The molecule has 1 aliphatic carbocycles. The van der Waals surface area contributed by atoms with Gasteiger partial charge in [0.05, 0.1) is 11.7 Å². The maximum Gasteiger partial charge on any atom is 0.416 e. The summed E-state index contributed by atoms with van der Waals surface area (Å²) in [7, 11) is 0. The maximum absolute atomic E-state index is 12.7. The molecule has 0 bridgehead atoms. The summed E-state index contributed by atoms with van der Waals surface area (Å²) in [6.07, 6.45) is 0.0458. The zero-order valence-electron chi connectivity index (χ0n) is 12.2. The van der Waals surface area contributed by atoms with Crippen LogP contribution < -0.4 is 5.32 Å². The Morgan fingerprint density at radius 3 is 2.62 bits per heavy atom. The zero-order valence-corrected chi connectivity index (χ0v) is 12.2. The van der Waals surface area contributed by atoms with Crippen LogP contribution in [0.25, 0.3) is 0 Å². The normalized spacial score (nSPS) is 25.4. The summed E-state index contributed by atoms with van der Waals surface area (Å²) in [5.41, 5.74) is -0.0312. The molecule has 3 unspecified atom stereocenters. The van der Waals surface area contributed by atoms with Crippen LogP contribution in [-0.4, -0.2) is 17.3 Å². The first-order chi connectivity index (χ1) is 9.88. The number of nitrogens with one attached hydrogen (secondary N) is 1. The maximum atomic E-state index is 12.7. The third-order valence-corrected chi connectivity index (χ3v) is 4.16. The van der Waals surface area contributed by atoms with Crippen molar-refractivity contribution in [2.45, 2.75) is 63.4 Å². The summed E-state index contributed by atoms with van der Waals surface area (Å²) in [5.74, 6) is 0. The van der Waals surface area contributed by atoms with E-state index in [0.29, 0.717) is 5.56 Å². The van der Waals surface area contributed by atoms with Crippen molar-refractivity contribution in [2.24, 2.45) is 0 Å². The van der Waals surface area contributed by atoms with Crippen molar-refractivity contribution in [3.05, 3.63) is 35.4 Å². The van der Waals surface area contributed by atoms with Gasteiger partial charge in [0.25, 0.3) is 0 Å². The van der Waals surface area contributed by atoms with Crippen molar-refractivity contribution in [3.8, 4) is 0 Å². The van der Waals surface area contributed by atoms with E-state index >= 15 is 0 Å². The number of hydrogen-bond acceptors (Lipinski definition) is 2. The number of hydrogen-bond donors (Lipinski definition) is 2. The third kappa shape index (κ3) is 4.45. The molecular formula is C16H22F3NO. The second kappa shape index (κ2) is 6.79. The van der Waals surface area contributed by atoms with Gasteiger partial charge in [-0.2, -0.15) is 13.2 Å². The SMILES string of the molecule is CC(NC1CCCCCC1O)c1cccc(C(F)(F)F)c1. The molecule has 0 radical (unpaired) electrons. The van der Waals surface area contributed by atoms with E-state index in [9.17, 15) is 18.3 Å². The molecule has 3 atom stereocenters. The Kier molecular flexibility index (Phi) is 5.27. The van der Waals surface area contributed by atoms with Crippen LogP contribution in [0.2, 0.25) is 0 Å². The second-order valence-electron chi connectivity index (χ2n) is 5.82. The van der Waals surface area contributed by atoms with Crippen molar-refractivity contribution in [2.75, 3.05) is 0 Å². The van der Waals surface area contributed by atoms with Gasteiger partial charge in [-0.15, -0.1) is 0 Å². The topological polar surface area (TPSA) is 32.3 Å². The summed E-state index contributed by atoms with van der Waals surface area (Å²) < 4.78 is 38.2.